The highest BCUT2D eigenvalue weighted by Gasteiger charge is 2.13. The van der Waals surface area contributed by atoms with Gasteiger partial charge in [0.05, 0.1) is 11.5 Å². The smallest absolute Gasteiger partial charge is 0.157 e. The lowest BCUT2D eigenvalue weighted by Crippen LogP contribution is -2.14. The Morgan fingerprint density at radius 2 is 1.00 bits per heavy atom. The van der Waals surface area contributed by atoms with Crippen molar-refractivity contribution < 1.29 is 8.42 Å². The summed E-state index contributed by atoms with van der Waals surface area (Å²) in [6, 6.07) is 0. The van der Waals surface area contributed by atoms with Gasteiger partial charge >= 0.3 is 0 Å². The number of hydrogen-bond donors (Lipinski definition) is 0. The van der Waals surface area contributed by atoms with Crippen LogP contribution in [-0.4, -0.2) is 19.9 Å². The first-order valence-corrected chi connectivity index (χ1v) is 6.94. The fourth-order valence-corrected chi connectivity index (χ4v) is 3.00. The second kappa shape index (κ2) is 5.50. The minimum absolute atomic E-state index is 0.181. The Bertz CT molecular complexity index is 344. The predicted octanol–water partition coefficient (Wildman–Crippen LogP) is 3.11. The third kappa shape index (κ3) is 5.78. The van der Waals surface area contributed by atoms with Crippen LogP contribution in [-0.2, 0) is 9.84 Å². The van der Waals surface area contributed by atoms with Crippen LogP contribution in [0.25, 0.3) is 0 Å². The van der Waals surface area contributed by atoms with Crippen LogP contribution in [0.15, 0.2) is 22.3 Å². The molecule has 0 fully saturated rings. The Morgan fingerprint density at radius 1 is 0.733 bits per heavy atom. The highest BCUT2D eigenvalue weighted by molar-refractivity contribution is 7.91. The van der Waals surface area contributed by atoms with Crippen molar-refractivity contribution in [1.29, 1.82) is 0 Å². The molecule has 88 valence electrons. The van der Waals surface area contributed by atoms with E-state index in [1.54, 1.807) is 0 Å². The third-order valence-corrected chi connectivity index (χ3v) is 4.33. The SMILES string of the molecule is CC(C)=C(C)CS(=O)(=O)CC(C)=C(C)C. The molecule has 0 saturated heterocycles. The molecular weight excluding hydrogens is 208 g/mol. The monoisotopic (exact) mass is 230 g/mol. The van der Waals surface area contributed by atoms with E-state index in [0.29, 0.717) is 0 Å². The van der Waals surface area contributed by atoms with Crippen LogP contribution in [0.4, 0.5) is 0 Å². The Balaban J connectivity index is 4.76. The van der Waals surface area contributed by atoms with E-state index in [9.17, 15) is 8.42 Å². The van der Waals surface area contributed by atoms with Gasteiger partial charge in [0.25, 0.3) is 0 Å². The van der Waals surface area contributed by atoms with E-state index in [2.05, 4.69) is 0 Å². The van der Waals surface area contributed by atoms with Crippen LogP contribution in [0.3, 0.4) is 0 Å². The van der Waals surface area contributed by atoms with E-state index >= 15 is 0 Å². The van der Waals surface area contributed by atoms with Crippen molar-refractivity contribution in [3.05, 3.63) is 22.3 Å². The fraction of sp³-hybridized carbons (Fsp3) is 0.667. The van der Waals surface area contributed by atoms with Gasteiger partial charge in [-0.1, -0.05) is 22.3 Å². The Labute approximate surface area is 94.0 Å². The summed E-state index contributed by atoms with van der Waals surface area (Å²) in [5.41, 5.74) is 4.09. The first kappa shape index (κ1) is 14.4. The normalized spacial score (nSPS) is 11.1. The van der Waals surface area contributed by atoms with E-state index in [4.69, 9.17) is 0 Å². The maximum absolute atomic E-state index is 11.8. The fourth-order valence-electron chi connectivity index (χ4n) is 0.999. The van der Waals surface area contributed by atoms with Gasteiger partial charge in [0.1, 0.15) is 0 Å². The third-order valence-electron chi connectivity index (χ3n) is 2.58. The van der Waals surface area contributed by atoms with Crippen LogP contribution in [0.1, 0.15) is 41.5 Å². The van der Waals surface area contributed by atoms with Crippen molar-refractivity contribution in [3.8, 4) is 0 Å². The molecule has 0 aromatic rings. The van der Waals surface area contributed by atoms with Crippen molar-refractivity contribution in [2.24, 2.45) is 0 Å². The lowest BCUT2D eigenvalue weighted by molar-refractivity contribution is 0.600. The molecule has 0 unspecified atom stereocenters. The number of sulfone groups is 1. The molecule has 0 amide bonds. The molecule has 0 bridgehead atoms. The average molecular weight is 230 g/mol. The molecular formula is C12H22O2S. The van der Waals surface area contributed by atoms with Gasteiger partial charge in [-0.05, 0) is 41.5 Å². The number of allylic oxidation sites excluding steroid dienone is 2. The average Bonchev–Trinajstić information content (AvgIpc) is 2.01. The lowest BCUT2D eigenvalue weighted by Gasteiger charge is -2.08. The molecule has 2 nitrogen and oxygen atoms in total. The van der Waals surface area contributed by atoms with Crippen molar-refractivity contribution in [3.63, 3.8) is 0 Å². The predicted molar refractivity (Wildman–Crippen MR) is 66.7 cm³/mol. The van der Waals surface area contributed by atoms with Gasteiger partial charge < -0.3 is 0 Å². The van der Waals surface area contributed by atoms with Crippen LogP contribution in [0.2, 0.25) is 0 Å². The van der Waals surface area contributed by atoms with E-state index in [1.165, 1.54) is 0 Å². The standard InChI is InChI=1S/C12H22O2S/c1-9(2)11(5)7-15(13,14)8-12(6)10(3)4/h7-8H2,1-6H3. The highest BCUT2D eigenvalue weighted by Crippen LogP contribution is 2.11. The van der Waals surface area contributed by atoms with Gasteiger partial charge in [-0.15, -0.1) is 0 Å². The van der Waals surface area contributed by atoms with E-state index in [-0.39, 0.29) is 11.5 Å². The summed E-state index contributed by atoms with van der Waals surface area (Å²) in [5.74, 6) is 0.361. The Kier molecular flexibility index (Phi) is 5.29. The van der Waals surface area contributed by atoms with Crippen LogP contribution in [0.5, 0.6) is 0 Å². The van der Waals surface area contributed by atoms with E-state index in [1.807, 2.05) is 41.5 Å². The molecule has 0 radical (unpaired) electrons. The largest absolute Gasteiger partial charge is 0.228 e. The second-order valence-electron chi connectivity index (χ2n) is 4.59. The molecule has 0 saturated carbocycles. The van der Waals surface area contributed by atoms with Gasteiger partial charge in [-0.2, -0.15) is 0 Å². The molecule has 0 spiro atoms. The van der Waals surface area contributed by atoms with Crippen LogP contribution in [0, 0.1) is 0 Å². The molecule has 0 aromatic carbocycles. The second-order valence-corrected chi connectivity index (χ2v) is 6.66. The Morgan fingerprint density at radius 3 is 1.20 bits per heavy atom. The zero-order chi connectivity index (χ0) is 12.2. The minimum atomic E-state index is -2.99. The molecule has 0 N–H and O–H groups in total. The molecule has 0 aliphatic rings. The zero-order valence-corrected chi connectivity index (χ0v) is 11.5. The van der Waals surface area contributed by atoms with Gasteiger partial charge in [-0.25, -0.2) is 8.42 Å². The Hall–Kier alpha value is -0.570. The van der Waals surface area contributed by atoms with Crippen LogP contribution < -0.4 is 0 Å². The summed E-state index contributed by atoms with van der Waals surface area (Å²) in [6.07, 6.45) is 0. The zero-order valence-electron chi connectivity index (χ0n) is 10.6. The maximum atomic E-state index is 11.8. The molecule has 3 heteroatoms. The quantitative estimate of drug-likeness (QED) is 0.695. The van der Waals surface area contributed by atoms with E-state index in [0.717, 1.165) is 22.3 Å². The van der Waals surface area contributed by atoms with Crippen molar-refractivity contribution in [2.75, 3.05) is 11.5 Å². The molecule has 0 atom stereocenters. The molecule has 0 aliphatic heterocycles. The van der Waals surface area contributed by atoms with E-state index < -0.39 is 9.84 Å². The first-order valence-electron chi connectivity index (χ1n) is 5.12. The molecule has 0 rings (SSSR count). The maximum Gasteiger partial charge on any atom is 0.157 e. The van der Waals surface area contributed by atoms with Gasteiger partial charge in [0.15, 0.2) is 9.84 Å². The van der Waals surface area contributed by atoms with Crippen molar-refractivity contribution >= 4 is 9.84 Å². The van der Waals surface area contributed by atoms with Gasteiger partial charge in [0, 0.05) is 0 Å². The van der Waals surface area contributed by atoms with Gasteiger partial charge in [0.2, 0.25) is 0 Å². The lowest BCUT2D eigenvalue weighted by atomic mass is 10.2. The minimum Gasteiger partial charge on any atom is -0.228 e. The number of hydrogen-bond acceptors (Lipinski definition) is 2. The molecule has 15 heavy (non-hydrogen) atoms. The van der Waals surface area contributed by atoms with Crippen LogP contribution >= 0.6 is 0 Å². The molecule has 0 aromatic heterocycles. The topological polar surface area (TPSA) is 34.1 Å². The summed E-state index contributed by atoms with van der Waals surface area (Å²) in [4.78, 5) is 0. The summed E-state index contributed by atoms with van der Waals surface area (Å²) in [6.45, 7) is 11.5. The molecule has 0 aliphatic carbocycles. The number of rotatable bonds is 4. The molecule has 0 heterocycles. The highest BCUT2D eigenvalue weighted by atomic mass is 32.2. The first-order chi connectivity index (χ1) is 6.65. The van der Waals surface area contributed by atoms with Gasteiger partial charge in [-0.3, -0.25) is 0 Å². The summed E-state index contributed by atoms with van der Waals surface area (Å²) in [7, 11) is -2.99. The summed E-state index contributed by atoms with van der Waals surface area (Å²) in [5, 5.41) is 0. The summed E-state index contributed by atoms with van der Waals surface area (Å²) < 4.78 is 23.6. The summed E-state index contributed by atoms with van der Waals surface area (Å²) >= 11 is 0. The van der Waals surface area contributed by atoms with Crippen molar-refractivity contribution in [2.45, 2.75) is 41.5 Å². The van der Waals surface area contributed by atoms with Crippen molar-refractivity contribution in [1.82, 2.24) is 0 Å².